The first-order valence-electron chi connectivity index (χ1n) is 5.04. The molecule has 2 rings (SSSR count). The van der Waals surface area contributed by atoms with Crippen molar-refractivity contribution < 1.29 is 0 Å². The number of anilines is 2. The molecule has 1 heterocycles. The molecule has 0 unspecified atom stereocenters. The fraction of sp³-hybridized carbons (Fsp3) is 0.0833. The molecule has 1 aromatic carbocycles. The standard InChI is InChI=1S/C12H11Cl2N3/c13-9-1-2-10(14)8(5-9)6-17-12-7-16-4-3-11(12)15/h1-5,7,17H,6H2,(H2,15,16). The molecule has 0 aliphatic heterocycles. The van der Waals surface area contributed by atoms with Gasteiger partial charge in [-0.3, -0.25) is 4.98 Å². The Morgan fingerprint density at radius 2 is 2.06 bits per heavy atom. The molecule has 88 valence electrons. The average Bonchev–Trinajstić information content (AvgIpc) is 2.32. The van der Waals surface area contributed by atoms with Gasteiger partial charge >= 0.3 is 0 Å². The minimum atomic E-state index is 0.551. The van der Waals surface area contributed by atoms with Gasteiger partial charge in [-0.1, -0.05) is 23.2 Å². The maximum absolute atomic E-state index is 6.06. The molecular formula is C12H11Cl2N3. The second-order valence-corrected chi connectivity index (χ2v) is 4.40. The first-order valence-corrected chi connectivity index (χ1v) is 5.79. The molecule has 2 aromatic rings. The van der Waals surface area contributed by atoms with Crippen LogP contribution in [0, 0.1) is 0 Å². The second kappa shape index (κ2) is 5.25. The number of hydrogen-bond donors (Lipinski definition) is 2. The van der Waals surface area contributed by atoms with E-state index in [1.165, 1.54) is 0 Å². The lowest BCUT2D eigenvalue weighted by Gasteiger charge is -2.10. The molecule has 17 heavy (non-hydrogen) atoms. The van der Waals surface area contributed by atoms with Crippen LogP contribution < -0.4 is 11.1 Å². The van der Waals surface area contributed by atoms with Crippen LogP contribution in [0.5, 0.6) is 0 Å². The van der Waals surface area contributed by atoms with Crippen LogP contribution in [0.25, 0.3) is 0 Å². The lowest BCUT2D eigenvalue weighted by Crippen LogP contribution is -2.03. The maximum atomic E-state index is 6.06. The van der Waals surface area contributed by atoms with Gasteiger partial charge < -0.3 is 11.1 Å². The van der Waals surface area contributed by atoms with Crippen LogP contribution in [0.3, 0.4) is 0 Å². The molecule has 0 aliphatic carbocycles. The van der Waals surface area contributed by atoms with Gasteiger partial charge in [-0.2, -0.15) is 0 Å². The zero-order chi connectivity index (χ0) is 12.3. The van der Waals surface area contributed by atoms with Crippen molar-refractivity contribution in [3.63, 3.8) is 0 Å². The number of hydrogen-bond acceptors (Lipinski definition) is 3. The Kier molecular flexibility index (Phi) is 3.71. The zero-order valence-electron chi connectivity index (χ0n) is 8.95. The quantitative estimate of drug-likeness (QED) is 0.894. The van der Waals surface area contributed by atoms with Gasteiger partial charge in [0.25, 0.3) is 0 Å². The predicted molar refractivity (Wildman–Crippen MR) is 72.4 cm³/mol. The van der Waals surface area contributed by atoms with Gasteiger partial charge in [0, 0.05) is 22.8 Å². The molecule has 0 saturated carbocycles. The van der Waals surface area contributed by atoms with Crippen LogP contribution in [0.1, 0.15) is 5.56 Å². The number of nitrogens with zero attached hydrogens (tertiary/aromatic N) is 1. The minimum absolute atomic E-state index is 0.551. The molecular weight excluding hydrogens is 257 g/mol. The highest BCUT2D eigenvalue weighted by atomic mass is 35.5. The van der Waals surface area contributed by atoms with Gasteiger partial charge in [-0.15, -0.1) is 0 Å². The summed E-state index contributed by atoms with van der Waals surface area (Å²) in [6.45, 7) is 0.551. The second-order valence-electron chi connectivity index (χ2n) is 3.55. The summed E-state index contributed by atoms with van der Waals surface area (Å²) in [5, 5.41) is 4.50. The van der Waals surface area contributed by atoms with Crippen LogP contribution in [0.2, 0.25) is 10.0 Å². The lowest BCUT2D eigenvalue weighted by molar-refractivity contribution is 1.14. The van der Waals surface area contributed by atoms with Gasteiger partial charge in [-0.25, -0.2) is 0 Å². The summed E-state index contributed by atoms with van der Waals surface area (Å²) in [7, 11) is 0. The summed E-state index contributed by atoms with van der Waals surface area (Å²) in [4.78, 5) is 4.00. The van der Waals surface area contributed by atoms with Crippen molar-refractivity contribution in [3.8, 4) is 0 Å². The van der Waals surface area contributed by atoms with E-state index in [0.717, 1.165) is 11.3 Å². The van der Waals surface area contributed by atoms with Crippen molar-refractivity contribution >= 4 is 34.6 Å². The number of rotatable bonds is 3. The first kappa shape index (κ1) is 12.0. The summed E-state index contributed by atoms with van der Waals surface area (Å²) in [6, 6.07) is 7.09. The highest BCUT2D eigenvalue weighted by molar-refractivity contribution is 6.33. The van der Waals surface area contributed by atoms with Crippen molar-refractivity contribution in [2.45, 2.75) is 6.54 Å². The molecule has 3 nitrogen and oxygen atoms in total. The van der Waals surface area contributed by atoms with E-state index < -0.39 is 0 Å². The van der Waals surface area contributed by atoms with Crippen LogP contribution in [-0.4, -0.2) is 4.98 Å². The van der Waals surface area contributed by atoms with Gasteiger partial charge in [0.1, 0.15) is 0 Å². The summed E-state index contributed by atoms with van der Waals surface area (Å²) < 4.78 is 0. The number of aromatic nitrogens is 1. The van der Waals surface area contributed by atoms with Crippen molar-refractivity contribution in [3.05, 3.63) is 52.3 Å². The largest absolute Gasteiger partial charge is 0.397 e. The predicted octanol–water partition coefficient (Wildman–Crippen LogP) is 3.58. The van der Waals surface area contributed by atoms with Crippen molar-refractivity contribution in [1.82, 2.24) is 4.98 Å². The van der Waals surface area contributed by atoms with Crippen LogP contribution in [0.4, 0.5) is 11.4 Å². The molecule has 0 saturated heterocycles. The Bertz CT molecular complexity index is 529. The fourth-order valence-corrected chi connectivity index (χ4v) is 1.80. The molecule has 0 amide bonds. The molecule has 3 N–H and O–H groups in total. The summed E-state index contributed by atoms with van der Waals surface area (Å²) in [5.74, 6) is 0. The number of nitrogens with one attached hydrogen (secondary N) is 1. The smallest absolute Gasteiger partial charge is 0.0762 e. The van der Waals surface area contributed by atoms with Gasteiger partial charge in [0.05, 0.1) is 17.6 Å². The van der Waals surface area contributed by atoms with Crippen molar-refractivity contribution in [2.75, 3.05) is 11.1 Å². The Hall–Kier alpha value is -1.45. The Morgan fingerprint density at radius 1 is 1.24 bits per heavy atom. The van der Waals surface area contributed by atoms with E-state index in [9.17, 15) is 0 Å². The molecule has 5 heteroatoms. The highest BCUT2D eigenvalue weighted by Gasteiger charge is 2.03. The fourth-order valence-electron chi connectivity index (χ4n) is 1.42. The van der Waals surface area contributed by atoms with Crippen LogP contribution in [0.15, 0.2) is 36.7 Å². The van der Waals surface area contributed by atoms with Gasteiger partial charge in [0.15, 0.2) is 0 Å². The number of halogens is 2. The van der Waals surface area contributed by atoms with E-state index >= 15 is 0 Å². The van der Waals surface area contributed by atoms with Gasteiger partial charge in [0.2, 0.25) is 0 Å². The topological polar surface area (TPSA) is 50.9 Å². The normalized spacial score (nSPS) is 10.2. The molecule has 0 spiro atoms. The summed E-state index contributed by atoms with van der Waals surface area (Å²) in [5.41, 5.74) is 8.14. The molecule has 0 radical (unpaired) electrons. The lowest BCUT2D eigenvalue weighted by atomic mass is 10.2. The van der Waals surface area contributed by atoms with E-state index in [-0.39, 0.29) is 0 Å². The number of benzene rings is 1. The number of pyridine rings is 1. The monoisotopic (exact) mass is 267 g/mol. The minimum Gasteiger partial charge on any atom is -0.397 e. The maximum Gasteiger partial charge on any atom is 0.0762 e. The van der Waals surface area contributed by atoms with E-state index in [4.69, 9.17) is 28.9 Å². The molecule has 0 bridgehead atoms. The molecule has 0 aliphatic rings. The summed E-state index contributed by atoms with van der Waals surface area (Å²) in [6.07, 6.45) is 3.32. The van der Waals surface area contributed by atoms with E-state index in [0.29, 0.717) is 22.3 Å². The molecule has 0 atom stereocenters. The third-order valence-corrected chi connectivity index (χ3v) is 2.94. The first-order chi connectivity index (χ1) is 8.16. The Balaban J connectivity index is 2.12. The molecule has 1 aromatic heterocycles. The van der Waals surface area contributed by atoms with Crippen LogP contribution >= 0.6 is 23.2 Å². The van der Waals surface area contributed by atoms with E-state index in [2.05, 4.69) is 10.3 Å². The van der Waals surface area contributed by atoms with Gasteiger partial charge in [-0.05, 0) is 29.8 Å². The zero-order valence-corrected chi connectivity index (χ0v) is 10.5. The van der Waals surface area contributed by atoms with Crippen molar-refractivity contribution in [2.24, 2.45) is 0 Å². The van der Waals surface area contributed by atoms with Crippen LogP contribution in [-0.2, 0) is 6.54 Å². The number of nitrogens with two attached hydrogens (primary N) is 1. The molecule has 0 fully saturated rings. The number of nitrogen functional groups attached to an aromatic ring is 1. The third-order valence-electron chi connectivity index (χ3n) is 2.33. The highest BCUT2D eigenvalue weighted by Crippen LogP contribution is 2.23. The van der Waals surface area contributed by atoms with E-state index in [1.54, 1.807) is 30.6 Å². The Labute approximate surface area is 110 Å². The average molecular weight is 268 g/mol. The third kappa shape index (κ3) is 3.02. The summed E-state index contributed by atoms with van der Waals surface area (Å²) >= 11 is 12.0. The SMILES string of the molecule is Nc1ccncc1NCc1cc(Cl)ccc1Cl. The van der Waals surface area contributed by atoms with E-state index in [1.807, 2.05) is 6.07 Å². The van der Waals surface area contributed by atoms with Crippen molar-refractivity contribution in [1.29, 1.82) is 0 Å². The Morgan fingerprint density at radius 3 is 2.82 bits per heavy atom.